The molecule has 1 aromatic heterocycles. The number of ether oxygens (including phenoxy) is 1. The van der Waals surface area contributed by atoms with Crippen LogP contribution in [0.4, 0.5) is 0 Å². The lowest BCUT2D eigenvalue weighted by atomic mass is 10.1. The van der Waals surface area contributed by atoms with Gasteiger partial charge in [0.2, 0.25) is 0 Å². The van der Waals surface area contributed by atoms with E-state index in [2.05, 4.69) is 5.32 Å². The highest BCUT2D eigenvalue weighted by Crippen LogP contribution is 2.23. The molecule has 0 bridgehead atoms. The maximum absolute atomic E-state index is 11.5. The van der Waals surface area contributed by atoms with Crippen molar-refractivity contribution in [3.05, 3.63) is 47.7 Å². The fourth-order valence-electron chi connectivity index (χ4n) is 3.24. The monoisotopic (exact) mass is 363 g/mol. The lowest BCUT2D eigenvalue weighted by Gasteiger charge is -2.14. The normalized spacial score (nSPS) is 15.2. The first-order valence-electron chi connectivity index (χ1n) is 8.77. The third-order valence-corrected chi connectivity index (χ3v) is 4.67. The molecule has 4 nitrogen and oxygen atoms in total. The Labute approximate surface area is 155 Å². The van der Waals surface area contributed by atoms with Crippen LogP contribution in [0.2, 0.25) is 0 Å². The van der Waals surface area contributed by atoms with Gasteiger partial charge >= 0.3 is 5.97 Å². The van der Waals surface area contributed by atoms with E-state index < -0.39 is 0 Å². The smallest absolute Gasteiger partial charge is 0.337 e. The zero-order valence-electron chi connectivity index (χ0n) is 14.6. The summed E-state index contributed by atoms with van der Waals surface area (Å²) in [5.74, 6) is 1.45. The van der Waals surface area contributed by atoms with Gasteiger partial charge in [0.05, 0.1) is 19.2 Å². The molecular weight excluding hydrogens is 338 g/mol. The van der Waals surface area contributed by atoms with Gasteiger partial charge < -0.3 is 14.5 Å². The average molecular weight is 364 g/mol. The maximum Gasteiger partial charge on any atom is 0.337 e. The Kier molecular flexibility index (Phi) is 7.53. The van der Waals surface area contributed by atoms with E-state index in [4.69, 9.17) is 9.15 Å². The van der Waals surface area contributed by atoms with Crippen molar-refractivity contribution in [1.82, 2.24) is 5.32 Å². The summed E-state index contributed by atoms with van der Waals surface area (Å²) in [7, 11) is 1.39. The minimum atomic E-state index is -0.325. The van der Waals surface area contributed by atoms with Gasteiger partial charge in [-0.15, -0.1) is 12.4 Å². The highest BCUT2D eigenvalue weighted by atomic mass is 35.5. The van der Waals surface area contributed by atoms with Crippen molar-refractivity contribution >= 4 is 18.4 Å². The molecule has 1 aromatic carbocycles. The second-order valence-corrected chi connectivity index (χ2v) is 6.40. The van der Waals surface area contributed by atoms with Crippen LogP contribution in [0.15, 0.2) is 40.8 Å². The van der Waals surface area contributed by atoms with Crippen molar-refractivity contribution < 1.29 is 13.9 Å². The molecule has 1 heterocycles. The van der Waals surface area contributed by atoms with E-state index in [1.165, 1.54) is 45.6 Å². The minimum absolute atomic E-state index is 0. The lowest BCUT2D eigenvalue weighted by Crippen LogP contribution is -2.27. The van der Waals surface area contributed by atoms with E-state index in [1.807, 2.05) is 24.3 Å². The fourth-order valence-corrected chi connectivity index (χ4v) is 3.24. The van der Waals surface area contributed by atoms with E-state index in [0.717, 1.165) is 23.6 Å². The number of methoxy groups -OCH3 is 1. The van der Waals surface area contributed by atoms with Gasteiger partial charge in [0.15, 0.2) is 0 Å². The Morgan fingerprint density at radius 2 is 1.76 bits per heavy atom. The van der Waals surface area contributed by atoms with Gasteiger partial charge in [-0.3, -0.25) is 0 Å². The molecule has 1 aliphatic rings. The molecule has 0 aliphatic heterocycles. The molecule has 1 N–H and O–H groups in total. The van der Waals surface area contributed by atoms with Gasteiger partial charge in [-0.1, -0.05) is 37.8 Å². The summed E-state index contributed by atoms with van der Waals surface area (Å²) in [5.41, 5.74) is 1.51. The van der Waals surface area contributed by atoms with E-state index in [1.54, 1.807) is 12.1 Å². The van der Waals surface area contributed by atoms with Gasteiger partial charge in [0.1, 0.15) is 11.5 Å². The van der Waals surface area contributed by atoms with Crippen molar-refractivity contribution in [2.24, 2.45) is 0 Å². The van der Waals surface area contributed by atoms with E-state index >= 15 is 0 Å². The van der Waals surface area contributed by atoms with Crippen LogP contribution in [0.3, 0.4) is 0 Å². The number of hydrogen-bond acceptors (Lipinski definition) is 4. The summed E-state index contributed by atoms with van der Waals surface area (Å²) in [5, 5.41) is 3.62. The van der Waals surface area contributed by atoms with Crippen LogP contribution in [0.1, 0.15) is 54.6 Å². The molecule has 5 heteroatoms. The van der Waals surface area contributed by atoms with Crippen LogP contribution in [-0.4, -0.2) is 19.1 Å². The molecule has 0 amide bonds. The Balaban J connectivity index is 0.00000225. The molecule has 1 fully saturated rings. The standard InChI is InChI=1S/C20H25NO3.ClH/c1-23-20(22)16-10-8-15(9-11-16)19-13-12-18(24-19)14-21-17-6-4-2-3-5-7-17;/h8-13,17,21H,2-7,14H2,1H3;1H. The summed E-state index contributed by atoms with van der Waals surface area (Å²) in [6.07, 6.45) is 7.92. The molecule has 0 atom stereocenters. The number of esters is 1. The van der Waals surface area contributed by atoms with Crippen LogP contribution in [-0.2, 0) is 11.3 Å². The number of hydrogen-bond donors (Lipinski definition) is 1. The molecule has 0 unspecified atom stereocenters. The van der Waals surface area contributed by atoms with Crippen molar-refractivity contribution in [3.8, 4) is 11.3 Å². The Morgan fingerprint density at radius 1 is 1.08 bits per heavy atom. The summed E-state index contributed by atoms with van der Waals surface area (Å²) >= 11 is 0. The van der Waals surface area contributed by atoms with Crippen LogP contribution in [0, 0.1) is 0 Å². The van der Waals surface area contributed by atoms with Gasteiger partial charge in [0, 0.05) is 11.6 Å². The largest absolute Gasteiger partial charge is 0.465 e. The van der Waals surface area contributed by atoms with Gasteiger partial charge in [-0.25, -0.2) is 4.79 Å². The van der Waals surface area contributed by atoms with E-state index in [0.29, 0.717) is 11.6 Å². The predicted molar refractivity (Wildman–Crippen MR) is 101 cm³/mol. The number of halogens is 1. The molecule has 25 heavy (non-hydrogen) atoms. The van der Waals surface area contributed by atoms with Gasteiger partial charge in [0.25, 0.3) is 0 Å². The highest BCUT2D eigenvalue weighted by molar-refractivity contribution is 5.89. The molecule has 0 spiro atoms. The summed E-state index contributed by atoms with van der Waals surface area (Å²) in [6.45, 7) is 0.769. The summed E-state index contributed by atoms with van der Waals surface area (Å²) in [4.78, 5) is 11.5. The molecule has 1 aliphatic carbocycles. The Bertz CT molecular complexity index is 658. The molecular formula is C20H26ClNO3. The van der Waals surface area contributed by atoms with Gasteiger partial charge in [-0.05, 0) is 37.1 Å². The number of nitrogens with one attached hydrogen (secondary N) is 1. The first-order valence-corrected chi connectivity index (χ1v) is 8.77. The zero-order chi connectivity index (χ0) is 16.8. The SMILES string of the molecule is COC(=O)c1ccc(-c2ccc(CNC3CCCCCC3)o2)cc1.Cl. The quantitative estimate of drug-likeness (QED) is 0.602. The van der Waals surface area contributed by atoms with Crippen LogP contribution < -0.4 is 5.32 Å². The number of furan rings is 1. The zero-order valence-corrected chi connectivity index (χ0v) is 15.4. The van der Waals surface area contributed by atoms with Crippen LogP contribution in [0.25, 0.3) is 11.3 Å². The molecule has 3 rings (SSSR count). The topological polar surface area (TPSA) is 51.5 Å². The summed E-state index contributed by atoms with van der Waals surface area (Å²) < 4.78 is 10.7. The second-order valence-electron chi connectivity index (χ2n) is 6.40. The molecule has 0 saturated heterocycles. The molecule has 1 saturated carbocycles. The number of carbonyl (C=O) groups excluding carboxylic acids is 1. The molecule has 136 valence electrons. The second kappa shape index (κ2) is 9.64. The fraction of sp³-hybridized carbons (Fsp3) is 0.450. The predicted octanol–water partition coefficient (Wildman–Crippen LogP) is 4.97. The first kappa shape index (κ1) is 19.5. The van der Waals surface area contributed by atoms with Crippen molar-refractivity contribution in [3.63, 3.8) is 0 Å². The summed E-state index contributed by atoms with van der Waals surface area (Å²) in [6, 6.07) is 11.9. The van der Waals surface area contributed by atoms with E-state index in [9.17, 15) is 4.79 Å². The Morgan fingerprint density at radius 3 is 2.40 bits per heavy atom. The van der Waals surface area contributed by atoms with Crippen molar-refractivity contribution in [1.29, 1.82) is 0 Å². The van der Waals surface area contributed by atoms with Crippen molar-refractivity contribution in [2.45, 2.75) is 51.1 Å². The molecule has 2 aromatic rings. The van der Waals surface area contributed by atoms with Crippen molar-refractivity contribution in [2.75, 3.05) is 7.11 Å². The first-order chi connectivity index (χ1) is 11.8. The third kappa shape index (κ3) is 5.35. The highest BCUT2D eigenvalue weighted by Gasteiger charge is 2.13. The maximum atomic E-state index is 11.5. The number of rotatable bonds is 5. The molecule has 0 radical (unpaired) electrons. The van der Waals surface area contributed by atoms with E-state index in [-0.39, 0.29) is 18.4 Å². The lowest BCUT2D eigenvalue weighted by molar-refractivity contribution is 0.0600. The number of carbonyl (C=O) groups is 1. The van der Waals surface area contributed by atoms with Gasteiger partial charge in [-0.2, -0.15) is 0 Å². The van der Waals surface area contributed by atoms with Crippen LogP contribution >= 0.6 is 12.4 Å². The average Bonchev–Trinajstić information content (AvgIpc) is 2.95. The third-order valence-electron chi connectivity index (χ3n) is 4.67. The Hall–Kier alpha value is -1.78. The number of benzene rings is 1. The minimum Gasteiger partial charge on any atom is -0.465 e. The van der Waals surface area contributed by atoms with Crippen LogP contribution in [0.5, 0.6) is 0 Å².